The number of hydrogen-bond acceptors (Lipinski definition) is 4. The molecule has 3 rings (SSSR count). The molecule has 0 unspecified atom stereocenters. The summed E-state index contributed by atoms with van der Waals surface area (Å²) < 4.78 is 20.5. The summed E-state index contributed by atoms with van der Waals surface area (Å²) in [6.45, 7) is 10.1. The van der Waals surface area contributed by atoms with Crippen molar-refractivity contribution in [1.29, 1.82) is 0 Å². The van der Waals surface area contributed by atoms with Gasteiger partial charge in [0.05, 0.1) is 24.4 Å². The highest BCUT2D eigenvalue weighted by molar-refractivity contribution is 14.1. The van der Waals surface area contributed by atoms with E-state index in [0.717, 1.165) is 18.4 Å². The number of carbonyl (C=O) groups is 1. The smallest absolute Gasteiger partial charge is 0.172 e. The van der Waals surface area contributed by atoms with E-state index in [1.54, 1.807) is 0 Å². The molecule has 0 aromatic carbocycles. The van der Waals surface area contributed by atoms with Gasteiger partial charge in [0.25, 0.3) is 0 Å². The molecule has 4 atom stereocenters. The third-order valence-corrected chi connectivity index (χ3v) is 6.14. The molecule has 0 amide bonds. The summed E-state index contributed by atoms with van der Waals surface area (Å²) in [6, 6.07) is 0. The van der Waals surface area contributed by atoms with Crippen molar-refractivity contribution in [2.24, 2.45) is 5.41 Å². The zero-order valence-corrected chi connectivity index (χ0v) is 17.4. The van der Waals surface area contributed by atoms with E-state index in [4.69, 9.17) is 14.2 Å². The Hall–Kier alpha value is -0.500. The van der Waals surface area contributed by atoms with Crippen LogP contribution < -0.4 is 0 Å². The molecule has 2 heterocycles. The first-order valence-corrected chi connectivity index (χ1v) is 10.1. The van der Waals surface area contributed by atoms with Crippen LogP contribution in [0.5, 0.6) is 0 Å². The minimum absolute atomic E-state index is 0.136. The molecule has 0 saturated carbocycles. The van der Waals surface area contributed by atoms with Crippen molar-refractivity contribution in [3.63, 3.8) is 0 Å². The van der Waals surface area contributed by atoms with Crippen molar-refractivity contribution in [3.8, 4) is 0 Å². The molecule has 1 aliphatic carbocycles. The third-order valence-electron chi connectivity index (χ3n) is 5.63. The number of allylic oxidation sites excluding steroid dienone is 2. The molecule has 5 heteroatoms. The Labute approximate surface area is 163 Å². The van der Waals surface area contributed by atoms with Gasteiger partial charge in [0.1, 0.15) is 5.41 Å². The van der Waals surface area contributed by atoms with E-state index in [0.29, 0.717) is 19.4 Å². The van der Waals surface area contributed by atoms with Crippen molar-refractivity contribution in [1.82, 2.24) is 0 Å². The van der Waals surface area contributed by atoms with Gasteiger partial charge in [-0.15, -0.1) is 6.58 Å². The van der Waals surface area contributed by atoms with E-state index in [1.165, 1.54) is 0 Å². The normalized spacial score (nSPS) is 40.3. The maximum atomic E-state index is 13.5. The lowest BCUT2D eigenvalue weighted by molar-refractivity contribution is -0.352. The molecule has 0 radical (unpaired) electrons. The standard InChI is InChI=1S/C20H27IO4/c1-5-19(4)12-16-20(13-23-18(2,3)24-16)15(25-19)10-9-14(17(20)22)8-6-7-11-21/h5,7,9,11,15-16H,1,6,8,10,12-13H2,2-4H3/b11-7+/t15-,16-,19+,20-/m1/s1. The molecular formula is C20H27IO4. The summed E-state index contributed by atoms with van der Waals surface area (Å²) in [5, 5.41) is 0. The second-order valence-corrected chi connectivity index (χ2v) is 8.58. The Balaban J connectivity index is 1.95. The quantitative estimate of drug-likeness (QED) is 0.460. The van der Waals surface area contributed by atoms with Crippen molar-refractivity contribution in [3.05, 3.63) is 34.5 Å². The Morgan fingerprint density at radius 3 is 2.76 bits per heavy atom. The van der Waals surface area contributed by atoms with Gasteiger partial charge in [0.15, 0.2) is 11.6 Å². The van der Waals surface area contributed by atoms with E-state index in [9.17, 15) is 4.79 Å². The van der Waals surface area contributed by atoms with E-state index in [1.807, 2.05) is 37.0 Å². The predicted molar refractivity (Wildman–Crippen MR) is 106 cm³/mol. The van der Waals surface area contributed by atoms with Crippen LogP contribution in [-0.4, -0.2) is 36.0 Å². The molecule has 0 bridgehead atoms. The average molecular weight is 458 g/mol. The fourth-order valence-corrected chi connectivity index (χ4v) is 4.50. The van der Waals surface area contributed by atoms with Gasteiger partial charge in [-0.2, -0.15) is 0 Å². The van der Waals surface area contributed by atoms with Crippen molar-refractivity contribution < 1.29 is 19.0 Å². The number of ketones is 1. The highest BCUT2D eigenvalue weighted by Gasteiger charge is 2.63. The van der Waals surface area contributed by atoms with Crippen molar-refractivity contribution in [2.75, 3.05) is 6.61 Å². The molecule has 138 valence electrons. The Bertz CT molecular complexity index is 623. The molecule has 3 aliphatic rings. The molecule has 4 nitrogen and oxygen atoms in total. The van der Waals surface area contributed by atoms with E-state index in [2.05, 4.69) is 35.2 Å². The van der Waals surface area contributed by atoms with Crippen LogP contribution in [0.3, 0.4) is 0 Å². The predicted octanol–water partition coefficient (Wildman–Crippen LogP) is 4.49. The van der Waals surface area contributed by atoms with Gasteiger partial charge in [-0.1, -0.05) is 40.8 Å². The fraction of sp³-hybridized carbons (Fsp3) is 0.650. The number of halogens is 1. The summed E-state index contributed by atoms with van der Waals surface area (Å²) in [4.78, 5) is 13.5. The fourth-order valence-electron chi connectivity index (χ4n) is 4.14. The van der Waals surface area contributed by atoms with Crippen LogP contribution in [0, 0.1) is 5.41 Å². The van der Waals surface area contributed by atoms with E-state index >= 15 is 0 Å². The Morgan fingerprint density at radius 2 is 2.08 bits per heavy atom. The van der Waals surface area contributed by atoms with Crippen LogP contribution in [-0.2, 0) is 19.0 Å². The topological polar surface area (TPSA) is 44.8 Å². The number of ether oxygens (including phenoxy) is 3. The zero-order chi connectivity index (χ0) is 18.3. The molecule has 2 aliphatic heterocycles. The van der Waals surface area contributed by atoms with Crippen LogP contribution in [0.2, 0.25) is 0 Å². The largest absolute Gasteiger partial charge is 0.366 e. The summed E-state index contributed by atoms with van der Waals surface area (Å²) in [5.74, 6) is -0.553. The van der Waals surface area contributed by atoms with Gasteiger partial charge < -0.3 is 14.2 Å². The lowest BCUT2D eigenvalue weighted by atomic mass is 9.62. The summed E-state index contributed by atoms with van der Waals surface area (Å²) >= 11 is 2.20. The highest BCUT2D eigenvalue weighted by Crippen LogP contribution is 2.52. The molecule has 25 heavy (non-hydrogen) atoms. The summed E-state index contributed by atoms with van der Waals surface area (Å²) in [5.41, 5.74) is -0.341. The van der Waals surface area contributed by atoms with Gasteiger partial charge in [-0.25, -0.2) is 0 Å². The lowest BCUT2D eigenvalue weighted by Gasteiger charge is -2.58. The number of rotatable bonds is 4. The first-order chi connectivity index (χ1) is 11.8. The molecule has 2 saturated heterocycles. The van der Waals surface area contributed by atoms with Crippen molar-refractivity contribution in [2.45, 2.75) is 70.1 Å². The first-order valence-electron chi connectivity index (χ1n) is 8.88. The van der Waals surface area contributed by atoms with Gasteiger partial charge in [-0.05, 0) is 49.7 Å². The van der Waals surface area contributed by atoms with Gasteiger partial charge in [0, 0.05) is 6.42 Å². The average Bonchev–Trinajstić information content (AvgIpc) is 2.55. The number of carbonyl (C=O) groups excluding carboxylic acids is 1. The maximum Gasteiger partial charge on any atom is 0.172 e. The minimum atomic E-state index is -0.740. The maximum absolute atomic E-state index is 13.5. The van der Waals surface area contributed by atoms with Gasteiger partial charge in [0.2, 0.25) is 0 Å². The SMILES string of the molecule is C=C[C@@]1(C)C[C@H]2OC(C)(C)OC[C@]23C(=O)C(CC/C=C/I)=CC[C@H]3O1. The second-order valence-electron chi connectivity index (χ2n) is 7.86. The Morgan fingerprint density at radius 1 is 1.32 bits per heavy atom. The van der Waals surface area contributed by atoms with Crippen LogP contribution in [0.15, 0.2) is 34.5 Å². The van der Waals surface area contributed by atoms with Crippen LogP contribution in [0.25, 0.3) is 0 Å². The molecular weight excluding hydrogens is 431 g/mol. The van der Waals surface area contributed by atoms with Crippen molar-refractivity contribution >= 4 is 28.4 Å². The molecule has 0 aromatic heterocycles. The third kappa shape index (κ3) is 3.40. The van der Waals surface area contributed by atoms with Gasteiger partial charge in [-0.3, -0.25) is 4.79 Å². The van der Waals surface area contributed by atoms with Crippen LogP contribution >= 0.6 is 22.6 Å². The molecule has 1 spiro atoms. The lowest BCUT2D eigenvalue weighted by Crippen LogP contribution is -2.68. The summed E-state index contributed by atoms with van der Waals surface area (Å²) in [7, 11) is 0. The first kappa shape index (κ1) is 19.3. The minimum Gasteiger partial charge on any atom is -0.366 e. The summed E-state index contributed by atoms with van der Waals surface area (Å²) in [6.07, 6.45) is 8.44. The molecule has 0 aromatic rings. The number of hydrogen-bond donors (Lipinski definition) is 0. The van der Waals surface area contributed by atoms with Crippen LogP contribution in [0.1, 0.15) is 46.5 Å². The second kappa shape index (κ2) is 6.91. The monoisotopic (exact) mass is 458 g/mol. The van der Waals surface area contributed by atoms with E-state index < -0.39 is 16.8 Å². The zero-order valence-electron chi connectivity index (χ0n) is 15.2. The van der Waals surface area contributed by atoms with Gasteiger partial charge >= 0.3 is 0 Å². The van der Waals surface area contributed by atoms with E-state index in [-0.39, 0.29) is 18.0 Å². The Kier molecular flexibility index (Phi) is 5.32. The highest BCUT2D eigenvalue weighted by atomic mass is 127. The molecule has 2 fully saturated rings. The van der Waals surface area contributed by atoms with Crippen LogP contribution in [0.4, 0.5) is 0 Å². The molecule has 0 N–H and O–H groups in total. The number of Topliss-reactive ketones (excluding diaryl/α,β-unsaturated/α-hetero) is 1.